The number of ether oxygens (including phenoxy) is 2. The molecule has 4 aromatic rings. The van der Waals surface area contributed by atoms with Gasteiger partial charge in [0.25, 0.3) is 5.91 Å². The summed E-state index contributed by atoms with van der Waals surface area (Å²) < 4.78 is 13.2. The molecule has 8 heteroatoms. The Morgan fingerprint density at radius 3 is 2.49 bits per heavy atom. The van der Waals surface area contributed by atoms with E-state index in [1.54, 1.807) is 19.1 Å². The average Bonchev–Trinajstić information content (AvgIpc) is 3.49. The number of thioether (sulfide) groups is 1. The lowest BCUT2D eigenvalue weighted by Gasteiger charge is -2.15. The first-order valence-electron chi connectivity index (χ1n) is 12.6. The fourth-order valence-corrected chi connectivity index (χ4v) is 5.82. The molecule has 5 rings (SSSR count). The van der Waals surface area contributed by atoms with Gasteiger partial charge in [-0.3, -0.25) is 9.69 Å². The van der Waals surface area contributed by atoms with Gasteiger partial charge < -0.3 is 9.47 Å². The summed E-state index contributed by atoms with van der Waals surface area (Å²) in [5.74, 6) is 1.24. The van der Waals surface area contributed by atoms with Gasteiger partial charge in [-0.05, 0) is 67.8 Å². The van der Waals surface area contributed by atoms with E-state index in [9.17, 15) is 4.79 Å². The van der Waals surface area contributed by atoms with Gasteiger partial charge in [-0.15, -0.1) is 0 Å². The van der Waals surface area contributed by atoms with E-state index >= 15 is 0 Å². The molecule has 0 saturated carbocycles. The molecule has 1 saturated heterocycles. The van der Waals surface area contributed by atoms with Crippen LogP contribution in [0.15, 0.2) is 77.8 Å². The second-order valence-corrected chi connectivity index (χ2v) is 11.0. The van der Waals surface area contributed by atoms with Crippen LogP contribution in [0.5, 0.6) is 11.5 Å². The van der Waals surface area contributed by atoms with Gasteiger partial charge in [-0.1, -0.05) is 65.9 Å². The number of amides is 1. The van der Waals surface area contributed by atoms with E-state index in [0.717, 1.165) is 39.2 Å². The smallest absolute Gasteiger partial charge is 0.266 e. The van der Waals surface area contributed by atoms with Crippen molar-refractivity contribution in [2.24, 2.45) is 0 Å². The lowest BCUT2D eigenvalue weighted by molar-refractivity contribution is -0.122. The third-order valence-electron chi connectivity index (χ3n) is 6.64. The number of carbonyl (C=O) groups is 1. The molecule has 1 aliphatic heterocycles. The summed E-state index contributed by atoms with van der Waals surface area (Å²) in [5.41, 5.74) is 7.00. The van der Waals surface area contributed by atoms with E-state index in [4.69, 9.17) is 26.8 Å². The van der Waals surface area contributed by atoms with Crippen LogP contribution in [0.2, 0.25) is 0 Å². The molecule has 39 heavy (non-hydrogen) atoms. The second kappa shape index (κ2) is 11.5. The number of hydrogen-bond donors (Lipinski definition) is 0. The van der Waals surface area contributed by atoms with Crippen LogP contribution in [-0.2, 0) is 11.2 Å². The number of para-hydroxylation sites is 1. The lowest BCUT2D eigenvalue weighted by Crippen LogP contribution is -2.30. The summed E-state index contributed by atoms with van der Waals surface area (Å²) in [7, 11) is 3.22. The van der Waals surface area contributed by atoms with Gasteiger partial charge in [0.2, 0.25) is 0 Å². The summed E-state index contributed by atoms with van der Waals surface area (Å²) in [6.07, 6.45) is 4.53. The Labute approximate surface area is 238 Å². The van der Waals surface area contributed by atoms with Crippen molar-refractivity contribution < 1.29 is 14.3 Å². The molecule has 1 amide bonds. The van der Waals surface area contributed by atoms with Crippen LogP contribution in [-0.4, -0.2) is 45.7 Å². The predicted octanol–water partition coefficient (Wildman–Crippen LogP) is 6.62. The number of nitrogens with zero attached hydrogens (tertiary/aromatic N) is 3. The number of aromatic nitrogens is 2. The molecule has 2 heterocycles. The summed E-state index contributed by atoms with van der Waals surface area (Å²) in [5, 5.41) is 4.95. The highest BCUT2D eigenvalue weighted by atomic mass is 32.2. The zero-order valence-electron chi connectivity index (χ0n) is 22.3. The number of carbonyl (C=O) groups excluding carboxylic acids is 1. The molecular formula is C31H29N3O3S2. The Balaban J connectivity index is 1.45. The van der Waals surface area contributed by atoms with Crippen molar-refractivity contribution in [2.75, 3.05) is 20.8 Å². The summed E-state index contributed by atoms with van der Waals surface area (Å²) in [4.78, 5) is 15.7. The molecule has 1 fully saturated rings. The van der Waals surface area contributed by atoms with E-state index in [0.29, 0.717) is 33.7 Å². The van der Waals surface area contributed by atoms with Crippen molar-refractivity contribution in [3.8, 4) is 28.4 Å². The summed E-state index contributed by atoms with van der Waals surface area (Å²) >= 11 is 6.95. The molecule has 1 aromatic heterocycles. The summed E-state index contributed by atoms with van der Waals surface area (Å²) in [6, 6.07) is 22.1. The van der Waals surface area contributed by atoms with Crippen molar-refractivity contribution in [2.45, 2.75) is 20.3 Å². The fourth-order valence-electron chi connectivity index (χ4n) is 4.52. The van der Waals surface area contributed by atoms with E-state index < -0.39 is 0 Å². The monoisotopic (exact) mass is 555 g/mol. The van der Waals surface area contributed by atoms with Crippen molar-refractivity contribution in [3.05, 3.63) is 100 Å². The minimum Gasteiger partial charge on any atom is -0.493 e. The molecule has 0 bridgehead atoms. The van der Waals surface area contributed by atoms with Crippen LogP contribution in [0.25, 0.3) is 23.0 Å². The Hall–Kier alpha value is -3.88. The van der Waals surface area contributed by atoms with Crippen molar-refractivity contribution in [3.63, 3.8) is 0 Å². The molecule has 3 aromatic carbocycles. The van der Waals surface area contributed by atoms with E-state index in [1.165, 1.54) is 11.8 Å². The molecule has 0 unspecified atom stereocenters. The average molecular weight is 556 g/mol. The SMILES string of the molecule is COc1ccc(CCN2C(=O)/C(=C\c3cn(-c4ccccc4)nc3-c3cc(C)ccc3C)SC2=S)cc1OC. The first-order valence-corrected chi connectivity index (χ1v) is 13.8. The first kappa shape index (κ1) is 26.7. The van der Waals surface area contributed by atoms with E-state index in [1.807, 2.05) is 65.5 Å². The number of methoxy groups -OCH3 is 2. The number of aryl methyl sites for hydroxylation is 2. The zero-order chi connectivity index (χ0) is 27.5. The Morgan fingerprint density at radius 1 is 0.974 bits per heavy atom. The fraction of sp³-hybridized carbons (Fsp3) is 0.194. The number of benzene rings is 3. The first-order chi connectivity index (χ1) is 18.9. The largest absolute Gasteiger partial charge is 0.493 e. The van der Waals surface area contributed by atoms with Crippen LogP contribution in [0.3, 0.4) is 0 Å². The Morgan fingerprint density at radius 2 is 1.74 bits per heavy atom. The molecule has 1 aliphatic rings. The number of rotatable bonds is 8. The maximum Gasteiger partial charge on any atom is 0.266 e. The Kier molecular flexibility index (Phi) is 7.86. The predicted molar refractivity (Wildman–Crippen MR) is 162 cm³/mol. The number of thiocarbonyl (C=S) groups is 1. The van der Waals surface area contributed by atoms with Crippen molar-refractivity contribution >= 4 is 40.3 Å². The van der Waals surface area contributed by atoms with Crippen LogP contribution < -0.4 is 9.47 Å². The normalized spacial score (nSPS) is 14.4. The van der Waals surface area contributed by atoms with Crippen LogP contribution in [0, 0.1) is 13.8 Å². The molecule has 0 spiro atoms. The molecule has 198 valence electrons. The van der Waals surface area contributed by atoms with Gasteiger partial charge in [0.05, 0.1) is 24.8 Å². The van der Waals surface area contributed by atoms with Crippen LogP contribution in [0.4, 0.5) is 0 Å². The van der Waals surface area contributed by atoms with Gasteiger partial charge in [0, 0.05) is 23.9 Å². The third-order valence-corrected chi connectivity index (χ3v) is 8.02. The quantitative estimate of drug-likeness (QED) is 0.180. The minimum atomic E-state index is -0.0927. The lowest BCUT2D eigenvalue weighted by atomic mass is 10.0. The van der Waals surface area contributed by atoms with Gasteiger partial charge in [0.1, 0.15) is 10.0 Å². The molecule has 0 N–H and O–H groups in total. The van der Waals surface area contributed by atoms with Gasteiger partial charge in [-0.25, -0.2) is 4.68 Å². The summed E-state index contributed by atoms with van der Waals surface area (Å²) in [6.45, 7) is 4.62. The maximum absolute atomic E-state index is 13.5. The van der Waals surface area contributed by atoms with Crippen LogP contribution >= 0.6 is 24.0 Å². The molecular weight excluding hydrogens is 526 g/mol. The van der Waals surface area contributed by atoms with Gasteiger partial charge >= 0.3 is 0 Å². The zero-order valence-corrected chi connectivity index (χ0v) is 23.9. The highest BCUT2D eigenvalue weighted by Gasteiger charge is 2.32. The van der Waals surface area contributed by atoms with Gasteiger partial charge in [-0.2, -0.15) is 5.10 Å². The van der Waals surface area contributed by atoms with Crippen LogP contribution in [0.1, 0.15) is 22.3 Å². The minimum absolute atomic E-state index is 0.0927. The van der Waals surface area contributed by atoms with Gasteiger partial charge in [0.15, 0.2) is 11.5 Å². The molecule has 6 nitrogen and oxygen atoms in total. The standard InChI is InChI=1S/C31H29N3O3S2/c1-20-10-11-21(2)25(16-20)29-23(19-34(32-29)24-8-6-5-7-9-24)18-28-30(35)33(31(38)39-28)15-14-22-12-13-26(36-3)27(17-22)37-4/h5-13,16-19H,14-15H2,1-4H3/b28-18+. The Bertz CT molecular complexity index is 1580. The second-order valence-electron chi connectivity index (χ2n) is 9.30. The number of hydrogen-bond acceptors (Lipinski definition) is 6. The highest BCUT2D eigenvalue weighted by molar-refractivity contribution is 8.26. The van der Waals surface area contributed by atoms with E-state index in [-0.39, 0.29) is 5.91 Å². The molecule has 0 radical (unpaired) electrons. The topological polar surface area (TPSA) is 56.6 Å². The third kappa shape index (κ3) is 5.62. The molecule has 0 atom stereocenters. The maximum atomic E-state index is 13.5. The highest BCUT2D eigenvalue weighted by Crippen LogP contribution is 2.36. The van der Waals surface area contributed by atoms with Crippen molar-refractivity contribution in [1.29, 1.82) is 0 Å². The van der Waals surface area contributed by atoms with Crippen molar-refractivity contribution in [1.82, 2.24) is 14.7 Å². The molecule has 0 aliphatic carbocycles. The van der Waals surface area contributed by atoms with E-state index in [2.05, 4.69) is 32.0 Å².